The van der Waals surface area contributed by atoms with Crippen molar-refractivity contribution in [1.29, 1.82) is 0 Å². The quantitative estimate of drug-likeness (QED) is 0.753. The second-order valence-electron chi connectivity index (χ2n) is 4.56. The van der Waals surface area contributed by atoms with Crippen molar-refractivity contribution in [1.82, 2.24) is 0 Å². The summed E-state index contributed by atoms with van der Waals surface area (Å²) in [7, 11) is 1.79. The number of anilines is 2. The van der Waals surface area contributed by atoms with Gasteiger partial charge in [-0.15, -0.1) is 0 Å². The molecular formula is C13H20N2O. The van der Waals surface area contributed by atoms with Gasteiger partial charge in [0.25, 0.3) is 0 Å². The maximum atomic E-state index is 6.02. The third-order valence-electron chi connectivity index (χ3n) is 3.62. The van der Waals surface area contributed by atoms with Crippen molar-refractivity contribution in [3.8, 4) is 0 Å². The average Bonchev–Trinajstić information content (AvgIpc) is 2.33. The highest BCUT2D eigenvalue weighted by Gasteiger charge is 2.23. The van der Waals surface area contributed by atoms with E-state index in [4.69, 9.17) is 16.2 Å². The van der Waals surface area contributed by atoms with Crippen LogP contribution in [0.5, 0.6) is 0 Å². The summed E-state index contributed by atoms with van der Waals surface area (Å²) in [5, 5.41) is 0. The molecule has 1 aliphatic rings. The molecule has 0 atom stereocenters. The second kappa shape index (κ2) is 4.74. The van der Waals surface area contributed by atoms with Crippen LogP contribution in [0.4, 0.5) is 11.4 Å². The van der Waals surface area contributed by atoms with Gasteiger partial charge >= 0.3 is 0 Å². The van der Waals surface area contributed by atoms with Crippen LogP contribution < -0.4 is 11.5 Å². The maximum absolute atomic E-state index is 6.02. The lowest BCUT2D eigenvalue weighted by Crippen LogP contribution is -2.20. The normalized spacial score (nSPS) is 25.6. The predicted molar refractivity (Wildman–Crippen MR) is 67.3 cm³/mol. The number of ether oxygens (including phenoxy) is 1. The Kier molecular flexibility index (Phi) is 3.34. The molecule has 0 radical (unpaired) electrons. The summed E-state index contributed by atoms with van der Waals surface area (Å²) in [6.07, 6.45) is 4.96. The zero-order chi connectivity index (χ0) is 11.5. The van der Waals surface area contributed by atoms with Crippen molar-refractivity contribution < 1.29 is 4.74 Å². The molecule has 1 saturated carbocycles. The van der Waals surface area contributed by atoms with Gasteiger partial charge in [0.05, 0.1) is 17.5 Å². The van der Waals surface area contributed by atoms with Crippen LogP contribution in [-0.2, 0) is 4.74 Å². The van der Waals surface area contributed by atoms with Gasteiger partial charge in [-0.1, -0.05) is 12.1 Å². The van der Waals surface area contributed by atoms with Crippen LogP contribution in [0.25, 0.3) is 0 Å². The molecule has 88 valence electrons. The number of para-hydroxylation sites is 1. The fraction of sp³-hybridized carbons (Fsp3) is 0.538. The van der Waals surface area contributed by atoms with Gasteiger partial charge in [-0.3, -0.25) is 0 Å². The van der Waals surface area contributed by atoms with Crippen LogP contribution >= 0.6 is 0 Å². The van der Waals surface area contributed by atoms with Crippen LogP contribution in [0, 0.1) is 0 Å². The summed E-state index contributed by atoms with van der Waals surface area (Å²) in [4.78, 5) is 0. The van der Waals surface area contributed by atoms with Gasteiger partial charge in [-0.2, -0.15) is 0 Å². The van der Waals surface area contributed by atoms with E-state index in [0.29, 0.717) is 17.7 Å². The lowest BCUT2D eigenvalue weighted by atomic mass is 9.82. The Hall–Kier alpha value is -1.22. The number of hydrogen-bond donors (Lipinski definition) is 2. The van der Waals surface area contributed by atoms with Crippen LogP contribution in [0.2, 0.25) is 0 Å². The molecule has 0 aliphatic heterocycles. The Morgan fingerprint density at radius 1 is 1.12 bits per heavy atom. The second-order valence-corrected chi connectivity index (χ2v) is 4.56. The van der Waals surface area contributed by atoms with Crippen LogP contribution in [0.15, 0.2) is 18.2 Å². The van der Waals surface area contributed by atoms with Gasteiger partial charge in [0.2, 0.25) is 0 Å². The van der Waals surface area contributed by atoms with E-state index < -0.39 is 0 Å². The Balaban J connectivity index is 2.11. The summed E-state index contributed by atoms with van der Waals surface area (Å²) in [5.74, 6) is 0.551. The van der Waals surface area contributed by atoms with Gasteiger partial charge in [-0.25, -0.2) is 0 Å². The Morgan fingerprint density at radius 3 is 2.44 bits per heavy atom. The number of nitrogen functional groups attached to an aromatic ring is 2. The van der Waals surface area contributed by atoms with Crippen molar-refractivity contribution in [2.24, 2.45) is 0 Å². The minimum atomic E-state index is 0.429. The van der Waals surface area contributed by atoms with E-state index >= 15 is 0 Å². The molecular weight excluding hydrogens is 200 g/mol. The van der Waals surface area contributed by atoms with Crippen molar-refractivity contribution >= 4 is 11.4 Å². The molecule has 3 heteroatoms. The minimum absolute atomic E-state index is 0.429. The fourth-order valence-electron chi connectivity index (χ4n) is 2.57. The monoisotopic (exact) mass is 220 g/mol. The SMILES string of the molecule is COC1CCC(c2cccc(N)c2N)CC1. The van der Waals surface area contributed by atoms with Crippen LogP contribution in [-0.4, -0.2) is 13.2 Å². The molecule has 4 N–H and O–H groups in total. The van der Waals surface area contributed by atoms with E-state index in [-0.39, 0.29) is 0 Å². The lowest BCUT2D eigenvalue weighted by molar-refractivity contribution is 0.0659. The molecule has 1 aromatic carbocycles. The molecule has 0 aromatic heterocycles. The standard InChI is InChI=1S/C13H20N2O/c1-16-10-7-5-9(6-8-10)11-3-2-4-12(14)13(11)15/h2-4,9-10H,5-8,14-15H2,1H3. The van der Waals surface area contributed by atoms with Crippen molar-refractivity contribution in [3.05, 3.63) is 23.8 Å². The van der Waals surface area contributed by atoms with Crippen LogP contribution in [0.1, 0.15) is 37.2 Å². The summed E-state index contributed by atoms with van der Waals surface area (Å²) in [6.45, 7) is 0. The highest BCUT2D eigenvalue weighted by atomic mass is 16.5. The van der Waals surface area contributed by atoms with Gasteiger partial charge in [0.1, 0.15) is 0 Å². The van der Waals surface area contributed by atoms with Crippen LogP contribution in [0.3, 0.4) is 0 Å². The third kappa shape index (κ3) is 2.14. The van der Waals surface area contributed by atoms with E-state index in [2.05, 4.69) is 6.07 Å². The van der Waals surface area contributed by atoms with Gasteiger partial charge in [0, 0.05) is 7.11 Å². The first kappa shape index (κ1) is 11.3. The summed E-state index contributed by atoms with van der Waals surface area (Å²) in [6, 6.07) is 5.95. The van der Waals surface area contributed by atoms with E-state index in [1.807, 2.05) is 12.1 Å². The number of rotatable bonds is 2. The smallest absolute Gasteiger partial charge is 0.0583 e. The molecule has 0 unspecified atom stereocenters. The number of benzene rings is 1. The molecule has 0 bridgehead atoms. The van der Waals surface area contributed by atoms with Crippen molar-refractivity contribution in [2.75, 3.05) is 18.6 Å². The lowest BCUT2D eigenvalue weighted by Gasteiger charge is -2.28. The first-order chi connectivity index (χ1) is 7.72. The van der Waals surface area contributed by atoms with E-state index in [1.54, 1.807) is 7.11 Å². The molecule has 3 nitrogen and oxygen atoms in total. The molecule has 1 fully saturated rings. The minimum Gasteiger partial charge on any atom is -0.397 e. The van der Waals surface area contributed by atoms with E-state index in [1.165, 1.54) is 5.56 Å². The van der Waals surface area contributed by atoms with Gasteiger partial charge in [-0.05, 0) is 43.2 Å². The average molecular weight is 220 g/mol. The largest absolute Gasteiger partial charge is 0.397 e. The van der Waals surface area contributed by atoms with Gasteiger partial charge in [0.15, 0.2) is 0 Å². The number of nitrogens with two attached hydrogens (primary N) is 2. The topological polar surface area (TPSA) is 61.3 Å². The number of methoxy groups -OCH3 is 1. The first-order valence-corrected chi connectivity index (χ1v) is 5.89. The molecule has 16 heavy (non-hydrogen) atoms. The highest BCUT2D eigenvalue weighted by Crippen LogP contribution is 2.37. The highest BCUT2D eigenvalue weighted by molar-refractivity contribution is 5.68. The maximum Gasteiger partial charge on any atom is 0.0583 e. The zero-order valence-electron chi connectivity index (χ0n) is 9.78. The van der Waals surface area contributed by atoms with Crippen molar-refractivity contribution in [3.63, 3.8) is 0 Å². The van der Waals surface area contributed by atoms with Gasteiger partial charge < -0.3 is 16.2 Å². The third-order valence-corrected chi connectivity index (χ3v) is 3.62. The Bertz CT molecular complexity index is 357. The molecule has 0 saturated heterocycles. The molecule has 0 heterocycles. The number of hydrogen-bond acceptors (Lipinski definition) is 3. The predicted octanol–water partition coefficient (Wildman–Crippen LogP) is 2.52. The molecule has 2 rings (SSSR count). The molecule has 0 spiro atoms. The zero-order valence-corrected chi connectivity index (χ0v) is 9.78. The van der Waals surface area contributed by atoms with E-state index in [0.717, 1.165) is 31.4 Å². The molecule has 1 aromatic rings. The summed E-state index contributed by atoms with van der Waals surface area (Å²) < 4.78 is 5.37. The Morgan fingerprint density at radius 2 is 1.81 bits per heavy atom. The summed E-state index contributed by atoms with van der Waals surface area (Å²) >= 11 is 0. The summed E-state index contributed by atoms with van der Waals surface area (Å²) in [5.41, 5.74) is 14.5. The van der Waals surface area contributed by atoms with Crippen molar-refractivity contribution in [2.45, 2.75) is 37.7 Å². The molecule has 0 amide bonds. The molecule has 1 aliphatic carbocycles. The van der Waals surface area contributed by atoms with E-state index in [9.17, 15) is 0 Å². The fourth-order valence-corrected chi connectivity index (χ4v) is 2.57. The Labute approximate surface area is 96.8 Å². The first-order valence-electron chi connectivity index (χ1n) is 5.89.